The molecule has 4 nitrogen and oxygen atoms in total. The van der Waals surface area contributed by atoms with Gasteiger partial charge < -0.3 is 10.2 Å². The average Bonchev–Trinajstić information content (AvgIpc) is 2.55. The normalized spacial score (nSPS) is 10.8. The van der Waals surface area contributed by atoms with Crippen LogP contribution in [0.15, 0.2) is 42.7 Å². The maximum Gasteiger partial charge on any atom is 0.225 e. The molecule has 0 aliphatic carbocycles. The predicted octanol–water partition coefficient (Wildman–Crippen LogP) is 3.20. The lowest BCUT2D eigenvalue weighted by atomic mass is 10.1. The van der Waals surface area contributed by atoms with Crippen molar-refractivity contribution >= 4 is 11.6 Å². The van der Waals surface area contributed by atoms with Crippen LogP contribution in [-0.2, 0) is 11.2 Å². The van der Waals surface area contributed by atoms with Gasteiger partial charge in [-0.1, -0.05) is 18.2 Å². The quantitative estimate of drug-likeness (QED) is 0.854. The van der Waals surface area contributed by atoms with Gasteiger partial charge in [-0.2, -0.15) is 0 Å². The second-order valence-electron chi connectivity index (χ2n) is 5.97. The van der Waals surface area contributed by atoms with Gasteiger partial charge in [-0.3, -0.25) is 9.78 Å². The summed E-state index contributed by atoms with van der Waals surface area (Å²) in [5.74, 6) is 0.0677. The van der Waals surface area contributed by atoms with E-state index >= 15 is 0 Å². The topological polar surface area (TPSA) is 45.2 Å². The Morgan fingerprint density at radius 2 is 1.74 bits per heavy atom. The van der Waals surface area contributed by atoms with Crippen molar-refractivity contribution < 1.29 is 4.79 Å². The number of hydrogen-bond acceptors (Lipinski definition) is 3. The van der Waals surface area contributed by atoms with Crippen molar-refractivity contribution in [2.45, 2.75) is 26.7 Å². The fourth-order valence-electron chi connectivity index (χ4n) is 2.49. The first-order valence-corrected chi connectivity index (χ1v) is 8.00. The van der Waals surface area contributed by atoms with E-state index < -0.39 is 0 Å². The van der Waals surface area contributed by atoms with Crippen LogP contribution in [0.5, 0.6) is 0 Å². The summed E-state index contributed by atoms with van der Waals surface area (Å²) < 4.78 is 0. The molecule has 0 unspecified atom stereocenters. The molecule has 0 saturated carbocycles. The third-order valence-electron chi connectivity index (χ3n) is 4.00. The van der Waals surface area contributed by atoms with E-state index in [9.17, 15) is 4.79 Å². The highest BCUT2D eigenvalue weighted by Crippen LogP contribution is 2.19. The molecule has 0 atom stereocenters. The molecule has 4 heteroatoms. The van der Waals surface area contributed by atoms with E-state index in [4.69, 9.17) is 0 Å². The average molecular weight is 311 g/mol. The van der Waals surface area contributed by atoms with Gasteiger partial charge in [0, 0.05) is 37.6 Å². The van der Waals surface area contributed by atoms with Gasteiger partial charge in [0.1, 0.15) is 0 Å². The molecule has 1 aromatic carbocycles. The minimum absolute atomic E-state index is 0.0677. The fourth-order valence-corrected chi connectivity index (χ4v) is 2.49. The molecule has 0 bridgehead atoms. The summed E-state index contributed by atoms with van der Waals surface area (Å²) in [4.78, 5) is 18.4. The molecule has 1 N–H and O–H groups in total. The maximum absolute atomic E-state index is 12.1. The molecular weight excluding hydrogens is 286 g/mol. The lowest BCUT2D eigenvalue weighted by molar-refractivity contribution is -0.116. The van der Waals surface area contributed by atoms with E-state index in [1.54, 1.807) is 0 Å². The Labute approximate surface area is 138 Å². The first-order chi connectivity index (χ1) is 11.1. The minimum Gasteiger partial charge on any atom is -0.326 e. The first-order valence-electron chi connectivity index (χ1n) is 8.00. The van der Waals surface area contributed by atoms with Crippen LogP contribution in [-0.4, -0.2) is 35.9 Å². The molecule has 0 spiro atoms. The third kappa shape index (κ3) is 5.49. The van der Waals surface area contributed by atoms with Crippen LogP contribution < -0.4 is 5.32 Å². The van der Waals surface area contributed by atoms with Crippen LogP contribution in [0.2, 0.25) is 0 Å². The summed E-state index contributed by atoms with van der Waals surface area (Å²) in [6.45, 7) is 5.72. The third-order valence-corrected chi connectivity index (χ3v) is 4.00. The zero-order valence-electron chi connectivity index (χ0n) is 14.2. The maximum atomic E-state index is 12.1. The Kier molecular flexibility index (Phi) is 6.29. The van der Waals surface area contributed by atoms with Crippen molar-refractivity contribution in [1.29, 1.82) is 0 Å². The summed E-state index contributed by atoms with van der Waals surface area (Å²) in [7, 11) is 2.05. The molecule has 1 heterocycles. The number of benzene rings is 1. The molecule has 0 radical (unpaired) electrons. The highest BCUT2D eigenvalue weighted by atomic mass is 16.1. The minimum atomic E-state index is 0.0677. The number of carbonyl (C=O) groups is 1. The van der Waals surface area contributed by atoms with Crippen LogP contribution in [0.3, 0.4) is 0 Å². The number of aromatic nitrogens is 1. The molecule has 0 saturated heterocycles. The number of nitrogens with zero attached hydrogens (tertiary/aromatic N) is 2. The summed E-state index contributed by atoms with van der Waals surface area (Å²) in [6.07, 6.45) is 5.10. The molecule has 1 amide bonds. The summed E-state index contributed by atoms with van der Waals surface area (Å²) in [6, 6.07) is 10.1. The Bertz CT molecular complexity index is 620. The number of pyridine rings is 1. The van der Waals surface area contributed by atoms with Crippen molar-refractivity contribution in [3.63, 3.8) is 0 Å². The summed E-state index contributed by atoms with van der Waals surface area (Å²) in [5, 5.41) is 3.03. The second-order valence-corrected chi connectivity index (χ2v) is 5.97. The van der Waals surface area contributed by atoms with Crippen molar-refractivity contribution in [3.8, 4) is 0 Å². The monoisotopic (exact) mass is 311 g/mol. The van der Waals surface area contributed by atoms with Gasteiger partial charge in [-0.15, -0.1) is 0 Å². The lowest BCUT2D eigenvalue weighted by Gasteiger charge is -2.17. The van der Waals surface area contributed by atoms with Crippen LogP contribution in [0.25, 0.3) is 0 Å². The number of carbonyl (C=O) groups excluding carboxylic acids is 1. The molecule has 2 rings (SSSR count). The van der Waals surface area contributed by atoms with E-state index in [1.807, 2.05) is 63.6 Å². The first kappa shape index (κ1) is 17.2. The SMILES string of the molecule is Cc1cccc(C)c1NC(=O)CCN(C)CCc1ccncc1. The van der Waals surface area contributed by atoms with Gasteiger partial charge in [-0.25, -0.2) is 0 Å². The van der Waals surface area contributed by atoms with Gasteiger partial charge in [0.15, 0.2) is 0 Å². The van der Waals surface area contributed by atoms with Gasteiger partial charge in [0.05, 0.1) is 0 Å². The van der Waals surface area contributed by atoms with Crippen molar-refractivity contribution in [3.05, 3.63) is 59.4 Å². The molecule has 122 valence electrons. The number of hydrogen-bond donors (Lipinski definition) is 1. The van der Waals surface area contributed by atoms with Crippen molar-refractivity contribution in [2.24, 2.45) is 0 Å². The zero-order chi connectivity index (χ0) is 16.7. The van der Waals surface area contributed by atoms with E-state index in [0.29, 0.717) is 6.42 Å². The molecule has 0 aliphatic rings. The highest BCUT2D eigenvalue weighted by molar-refractivity contribution is 5.92. The fraction of sp³-hybridized carbons (Fsp3) is 0.368. The smallest absolute Gasteiger partial charge is 0.225 e. The van der Waals surface area contributed by atoms with Gasteiger partial charge in [0.2, 0.25) is 5.91 Å². The molecule has 0 aliphatic heterocycles. The van der Waals surface area contributed by atoms with Crippen molar-refractivity contribution in [2.75, 3.05) is 25.5 Å². The van der Waals surface area contributed by atoms with Gasteiger partial charge >= 0.3 is 0 Å². The highest BCUT2D eigenvalue weighted by Gasteiger charge is 2.08. The number of nitrogens with one attached hydrogen (secondary N) is 1. The summed E-state index contributed by atoms with van der Waals surface area (Å²) >= 11 is 0. The number of anilines is 1. The van der Waals surface area contributed by atoms with Crippen LogP contribution in [0.4, 0.5) is 5.69 Å². The number of rotatable bonds is 7. The number of likely N-dealkylation sites (N-methyl/N-ethyl adjacent to an activating group) is 1. The Hall–Kier alpha value is -2.20. The number of para-hydroxylation sites is 1. The largest absolute Gasteiger partial charge is 0.326 e. The Morgan fingerprint density at radius 3 is 2.39 bits per heavy atom. The zero-order valence-corrected chi connectivity index (χ0v) is 14.2. The van der Waals surface area contributed by atoms with E-state index in [1.165, 1.54) is 5.56 Å². The van der Waals surface area contributed by atoms with Crippen LogP contribution >= 0.6 is 0 Å². The Morgan fingerprint density at radius 1 is 1.09 bits per heavy atom. The van der Waals surface area contributed by atoms with Gasteiger partial charge in [-0.05, 0) is 56.1 Å². The van der Waals surface area contributed by atoms with Crippen LogP contribution in [0.1, 0.15) is 23.1 Å². The molecule has 0 fully saturated rings. The van der Waals surface area contributed by atoms with Crippen molar-refractivity contribution in [1.82, 2.24) is 9.88 Å². The van der Waals surface area contributed by atoms with E-state index in [0.717, 1.165) is 36.3 Å². The summed E-state index contributed by atoms with van der Waals surface area (Å²) in [5.41, 5.74) is 4.41. The van der Waals surface area contributed by atoms with Crippen LogP contribution in [0, 0.1) is 13.8 Å². The molecule has 23 heavy (non-hydrogen) atoms. The predicted molar refractivity (Wildman–Crippen MR) is 94.6 cm³/mol. The standard InChI is InChI=1S/C19H25N3O/c1-15-5-4-6-16(2)19(15)21-18(23)10-14-22(3)13-9-17-7-11-20-12-8-17/h4-8,11-12H,9-10,13-14H2,1-3H3,(H,21,23). The molecule has 2 aromatic rings. The Balaban J connectivity index is 1.75. The molecular formula is C19H25N3O. The second kappa shape index (κ2) is 8.44. The van der Waals surface area contributed by atoms with Gasteiger partial charge in [0.25, 0.3) is 0 Å². The molecule has 1 aromatic heterocycles. The van der Waals surface area contributed by atoms with E-state index in [2.05, 4.69) is 15.2 Å². The van der Waals surface area contributed by atoms with E-state index in [-0.39, 0.29) is 5.91 Å². The number of aryl methyl sites for hydroxylation is 2. The number of amides is 1. The lowest BCUT2D eigenvalue weighted by Crippen LogP contribution is -2.26.